The predicted molar refractivity (Wildman–Crippen MR) is 99.8 cm³/mol. The van der Waals surface area contributed by atoms with Crippen molar-refractivity contribution in [2.75, 3.05) is 32.8 Å². The van der Waals surface area contributed by atoms with E-state index in [0.29, 0.717) is 57.2 Å². The van der Waals surface area contributed by atoms with Crippen LogP contribution in [0.3, 0.4) is 0 Å². The highest BCUT2D eigenvalue weighted by Crippen LogP contribution is 2.19. The fourth-order valence-electron chi connectivity index (χ4n) is 3.72. The second-order valence-corrected chi connectivity index (χ2v) is 7.01. The molecule has 0 aliphatic carbocycles. The lowest BCUT2D eigenvalue weighted by Crippen LogP contribution is -2.41. The van der Waals surface area contributed by atoms with Gasteiger partial charge in [-0.2, -0.15) is 5.10 Å². The molecule has 0 saturated carbocycles. The number of carbonyl (C=O) groups is 2. The monoisotopic (exact) mass is 380 g/mol. The molecular formula is C19H20N6O3. The van der Waals surface area contributed by atoms with Crippen molar-refractivity contribution in [3.63, 3.8) is 0 Å². The lowest BCUT2D eigenvalue weighted by atomic mass is 10.1. The summed E-state index contributed by atoms with van der Waals surface area (Å²) in [4.78, 5) is 36.4. The molecule has 2 aliphatic rings. The summed E-state index contributed by atoms with van der Waals surface area (Å²) in [5.41, 5.74) is 3.60. The second kappa shape index (κ2) is 6.75. The fourth-order valence-corrected chi connectivity index (χ4v) is 3.72. The maximum Gasteiger partial charge on any atom is 0.274 e. The van der Waals surface area contributed by atoms with Crippen LogP contribution in [-0.2, 0) is 17.8 Å². The first-order valence-electron chi connectivity index (χ1n) is 9.35. The second-order valence-electron chi connectivity index (χ2n) is 7.01. The molecule has 0 atom stereocenters. The van der Waals surface area contributed by atoms with E-state index in [1.165, 1.54) is 0 Å². The van der Waals surface area contributed by atoms with Gasteiger partial charge >= 0.3 is 0 Å². The van der Waals surface area contributed by atoms with Gasteiger partial charge in [0.15, 0.2) is 5.69 Å². The molecule has 1 fully saturated rings. The highest BCUT2D eigenvalue weighted by atomic mass is 16.5. The van der Waals surface area contributed by atoms with E-state index in [0.717, 1.165) is 16.7 Å². The molecule has 0 radical (unpaired) electrons. The molecule has 9 heteroatoms. The van der Waals surface area contributed by atoms with E-state index < -0.39 is 0 Å². The molecule has 0 spiro atoms. The van der Waals surface area contributed by atoms with Crippen molar-refractivity contribution in [1.29, 1.82) is 0 Å². The van der Waals surface area contributed by atoms with Crippen LogP contribution in [0.15, 0.2) is 30.6 Å². The first-order valence-corrected chi connectivity index (χ1v) is 9.35. The Morgan fingerprint density at radius 1 is 1.00 bits per heavy atom. The van der Waals surface area contributed by atoms with Gasteiger partial charge in [-0.15, -0.1) is 0 Å². The Morgan fingerprint density at radius 2 is 1.86 bits per heavy atom. The highest BCUT2D eigenvalue weighted by Gasteiger charge is 2.27. The first-order chi connectivity index (χ1) is 13.7. The maximum atomic E-state index is 12.9. The van der Waals surface area contributed by atoms with E-state index in [2.05, 4.69) is 15.1 Å². The third-order valence-corrected chi connectivity index (χ3v) is 5.27. The standard InChI is InChI=1S/C19H20N6O3/c26-18(13-1-2-15-16(9-13)21-12-20-15)24-3-4-25-14(11-24)10-17(22-25)19(27)23-5-7-28-8-6-23/h1-2,9-10,12H,3-8,11H2,(H,20,21). The number of nitrogens with one attached hydrogen (secondary N) is 1. The number of fused-ring (bicyclic) bond motifs is 2. The lowest BCUT2D eigenvalue weighted by Gasteiger charge is -2.27. The average molecular weight is 380 g/mol. The van der Waals surface area contributed by atoms with Crippen LogP contribution in [0.1, 0.15) is 26.5 Å². The van der Waals surface area contributed by atoms with Crippen molar-refractivity contribution in [2.24, 2.45) is 0 Å². The zero-order valence-corrected chi connectivity index (χ0v) is 15.3. The van der Waals surface area contributed by atoms with Crippen molar-refractivity contribution in [1.82, 2.24) is 29.5 Å². The van der Waals surface area contributed by atoms with Crippen LogP contribution in [-0.4, -0.2) is 74.2 Å². The smallest absolute Gasteiger partial charge is 0.274 e. The number of aromatic nitrogens is 4. The minimum atomic E-state index is -0.0761. The Bertz CT molecular complexity index is 1050. The molecule has 1 aromatic carbocycles. The molecule has 1 N–H and O–H groups in total. The maximum absolute atomic E-state index is 12.9. The van der Waals surface area contributed by atoms with Gasteiger partial charge in [0.05, 0.1) is 49.4 Å². The van der Waals surface area contributed by atoms with Crippen LogP contribution >= 0.6 is 0 Å². The van der Waals surface area contributed by atoms with Gasteiger partial charge in [-0.25, -0.2) is 4.98 Å². The molecule has 2 amide bonds. The number of H-pyrrole nitrogens is 1. The number of rotatable bonds is 2. The number of carbonyl (C=O) groups excluding carboxylic acids is 2. The van der Waals surface area contributed by atoms with Gasteiger partial charge in [0, 0.05) is 25.2 Å². The minimum absolute atomic E-state index is 0.0370. The Balaban J connectivity index is 1.34. The molecule has 9 nitrogen and oxygen atoms in total. The molecule has 2 aromatic heterocycles. The van der Waals surface area contributed by atoms with Crippen molar-refractivity contribution < 1.29 is 14.3 Å². The van der Waals surface area contributed by atoms with Crippen LogP contribution in [0.5, 0.6) is 0 Å². The summed E-state index contributed by atoms with van der Waals surface area (Å²) in [6.07, 6.45) is 1.62. The molecule has 0 bridgehead atoms. The molecule has 2 aliphatic heterocycles. The van der Waals surface area contributed by atoms with E-state index >= 15 is 0 Å². The van der Waals surface area contributed by atoms with Crippen molar-refractivity contribution >= 4 is 22.8 Å². The van der Waals surface area contributed by atoms with Gasteiger partial charge in [0.1, 0.15) is 0 Å². The Kier molecular flexibility index (Phi) is 4.09. The van der Waals surface area contributed by atoms with Gasteiger partial charge in [-0.1, -0.05) is 0 Å². The predicted octanol–water partition coefficient (Wildman–Crippen LogP) is 0.888. The number of nitrogens with zero attached hydrogens (tertiary/aromatic N) is 5. The summed E-state index contributed by atoms with van der Waals surface area (Å²) in [5, 5.41) is 4.46. The van der Waals surface area contributed by atoms with Crippen LogP contribution in [0.4, 0.5) is 0 Å². The number of benzene rings is 1. The Morgan fingerprint density at radius 3 is 2.71 bits per heavy atom. The largest absolute Gasteiger partial charge is 0.378 e. The molecule has 1 saturated heterocycles. The number of ether oxygens (including phenoxy) is 1. The average Bonchev–Trinajstić information content (AvgIpc) is 3.38. The summed E-state index contributed by atoms with van der Waals surface area (Å²) in [6, 6.07) is 7.26. The van der Waals surface area contributed by atoms with E-state index in [1.54, 1.807) is 28.3 Å². The zero-order chi connectivity index (χ0) is 19.1. The zero-order valence-electron chi connectivity index (χ0n) is 15.3. The van der Waals surface area contributed by atoms with Crippen LogP contribution in [0, 0.1) is 0 Å². The number of imidazole rings is 1. The van der Waals surface area contributed by atoms with Gasteiger partial charge in [0.25, 0.3) is 11.8 Å². The van der Waals surface area contributed by atoms with Crippen LogP contribution < -0.4 is 0 Å². The Labute approximate surface area is 160 Å². The normalized spacial score (nSPS) is 17.0. The lowest BCUT2D eigenvalue weighted by molar-refractivity contribution is 0.0298. The van der Waals surface area contributed by atoms with E-state index in [-0.39, 0.29) is 11.8 Å². The molecule has 28 heavy (non-hydrogen) atoms. The van der Waals surface area contributed by atoms with Crippen LogP contribution in [0.25, 0.3) is 11.0 Å². The highest BCUT2D eigenvalue weighted by molar-refractivity contribution is 5.97. The topological polar surface area (TPSA) is 96.3 Å². The molecule has 0 unspecified atom stereocenters. The summed E-state index contributed by atoms with van der Waals surface area (Å²) in [7, 11) is 0. The van der Waals surface area contributed by atoms with Crippen LogP contribution in [0.2, 0.25) is 0 Å². The Hall–Kier alpha value is -3.20. The molecular weight excluding hydrogens is 360 g/mol. The van der Waals surface area contributed by atoms with Gasteiger partial charge in [-0.3, -0.25) is 14.3 Å². The van der Waals surface area contributed by atoms with Gasteiger partial charge in [-0.05, 0) is 24.3 Å². The minimum Gasteiger partial charge on any atom is -0.378 e. The van der Waals surface area contributed by atoms with Gasteiger partial charge < -0.3 is 19.5 Å². The third kappa shape index (κ3) is 2.93. The first kappa shape index (κ1) is 16.9. The van der Waals surface area contributed by atoms with E-state index in [1.807, 2.05) is 16.8 Å². The van der Waals surface area contributed by atoms with E-state index in [4.69, 9.17) is 4.74 Å². The summed E-state index contributed by atoms with van der Waals surface area (Å²) >= 11 is 0. The fraction of sp³-hybridized carbons (Fsp3) is 0.368. The van der Waals surface area contributed by atoms with Crippen molar-refractivity contribution in [3.05, 3.63) is 47.5 Å². The number of aromatic amines is 1. The molecule has 144 valence electrons. The number of morpholine rings is 1. The number of hydrogen-bond acceptors (Lipinski definition) is 5. The summed E-state index contributed by atoms with van der Waals surface area (Å²) in [6.45, 7) is 3.85. The third-order valence-electron chi connectivity index (χ3n) is 5.27. The quantitative estimate of drug-likeness (QED) is 0.712. The van der Waals surface area contributed by atoms with Crippen molar-refractivity contribution in [2.45, 2.75) is 13.1 Å². The summed E-state index contributed by atoms with van der Waals surface area (Å²) < 4.78 is 7.13. The molecule has 5 rings (SSSR count). The van der Waals surface area contributed by atoms with E-state index in [9.17, 15) is 9.59 Å². The molecule has 4 heterocycles. The SMILES string of the molecule is O=C(c1ccc2nc[nH]c2c1)N1CCn2nc(C(=O)N3CCOCC3)cc2C1. The number of amides is 2. The molecule has 3 aromatic rings. The van der Waals surface area contributed by atoms with Gasteiger partial charge in [0.2, 0.25) is 0 Å². The summed E-state index contributed by atoms with van der Waals surface area (Å²) in [5.74, 6) is -0.113. The van der Waals surface area contributed by atoms with Crippen molar-refractivity contribution in [3.8, 4) is 0 Å². The number of hydrogen-bond donors (Lipinski definition) is 1.